The number of carboxylic acids is 1. The minimum absolute atomic E-state index is 0.259. The van der Waals surface area contributed by atoms with Gasteiger partial charge in [-0.1, -0.05) is 32.0 Å². The van der Waals surface area contributed by atoms with Crippen molar-refractivity contribution in [3.8, 4) is 0 Å². The average molecular weight is 266 g/mol. The summed E-state index contributed by atoms with van der Waals surface area (Å²) in [7, 11) is 0. The number of aromatic carboxylic acids is 1. The van der Waals surface area contributed by atoms with Crippen LogP contribution in [0.4, 0.5) is 0 Å². The van der Waals surface area contributed by atoms with Gasteiger partial charge in [0.25, 0.3) is 0 Å². The summed E-state index contributed by atoms with van der Waals surface area (Å²) < 4.78 is 4.36. The van der Waals surface area contributed by atoms with Crippen LogP contribution in [0.25, 0.3) is 0 Å². The number of carbonyl (C=O) groups excluding carboxylic acids is 2. The van der Waals surface area contributed by atoms with E-state index in [4.69, 9.17) is 5.11 Å². The summed E-state index contributed by atoms with van der Waals surface area (Å²) in [6.07, 6.45) is 1.30. The molecule has 1 N–H and O–H groups in total. The van der Waals surface area contributed by atoms with E-state index >= 15 is 0 Å². The quantitative estimate of drug-likeness (QED) is 0.669. The summed E-state index contributed by atoms with van der Waals surface area (Å²) in [5.74, 6) is -1.75. The van der Waals surface area contributed by atoms with Crippen molar-refractivity contribution in [3.05, 3.63) is 35.9 Å². The Morgan fingerprint density at radius 3 is 2.00 bits per heavy atom. The van der Waals surface area contributed by atoms with Crippen molar-refractivity contribution in [1.82, 2.24) is 0 Å². The van der Waals surface area contributed by atoms with E-state index in [1.165, 1.54) is 0 Å². The SMILES string of the molecule is CCCC(=O)OC(=O)CC.O=C(O)c1ccccc1. The molecule has 0 aliphatic carbocycles. The van der Waals surface area contributed by atoms with E-state index in [1.54, 1.807) is 37.3 Å². The van der Waals surface area contributed by atoms with Crippen LogP contribution in [0.5, 0.6) is 0 Å². The van der Waals surface area contributed by atoms with Crippen molar-refractivity contribution in [1.29, 1.82) is 0 Å². The molecule has 0 aliphatic rings. The van der Waals surface area contributed by atoms with Crippen LogP contribution in [0.2, 0.25) is 0 Å². The Kier molecular flexibility index (Phi) is 8.70. The number of benzene rings is 1. The highest BCUT2D eigenvalue weighted by molar-refractivity contribution is 5.87. The molecule has 1 aromatic rings. The van der Waals surface area contributed by atoms with Gasteiger partial charge in [0.1, 0.15) is 0 Å². The van der Waals surface area contributed by atoms with Gasteiger partial charge in [0.05, 0.1) is 5.56 Å². The lowest BCUT2D eigenvalue weighted by Crippen LogP contribution is -2.10. The Labute approximate surface area is 112 Å². The summed E-state index contributed by atoms with van der Waals surface area (Å²) >= 11 is 0. The second-order valence-electron chi connectivity index (χ2n) is 3.62. The van der Waals surface area contributed by atoms with Crippen molar-refractivity contribution in [2.45, 2.75) is 33.1 Å². The average Bonchev–Trinajstić information content (AvgIpc) is 2.40. The molecular weight excluding hydrogens is 248 g/mol. The highest BCUT2D eigenvalue weighted by Crippen LogP contribution is 1.96. The summed E-state index contributed by atoms with van der Waals surface area (Å²) in [4.78, 5) is 31.2. The van der Waals surface area contributed by atoms with E-state index in [9.17, 15) is 14.4 Å². The van der Waals surface area contributed by atoms with Crippen molar-refractivity contribution >= 4 is 17.9 Å². The zero-order valence-corrected chi connectivity index (χ0v) is 11.1. The molecule has 0 fully saturated rings. The Balaban J connectivity index is 0.000000342. The van der Waals surface area contributed by atoms with Crippen LogP contribution in [-0.2, 0) is 14.3 Å². The number of carbonyl (C=O) groups is 3. The van der Waals surface area contributed by atoms with Gasteiger partial charge in [-0.2, -0.15) is 0 Å². The molecule has 0 radical (unpaired) electrons. The van der Waals surface area contributed by atoms with E-state index in [0.29, 0.717) is 12.0 Å². The lowest BCUT2D eigenvalue weighted by Gasteiger charge is -1.97. The molecule has 0 bridgehead atoms. The van der Waals surface area contributed by atoms with Gasteiger partial charge in [-0.05, 0) is 18.6 Å². The molecule has 1 aromatic carbocycles. The first-order valence-corrected chi connectivity index (χ1v) is 6.03. The molecule has 5 nitrogen and oxygen atoms in total. The molecule has 0 saturated heterocycles. The number of ether oxygens (including phenoxy) is 1. The van der Waals surface area contributed by atoms with Gasteiger partial charge in [0.15, 0.2) is 0 Å². The Hall–Kier alpha value is -2.17. The highest BCUT2D eigenvalue weighted by Gasteiger charge is 2.05. The number of esters is 2. The van der Waals surface area contributed by atoms with Crippen LogP contribution >= 0.6 is 0 Å². The van der Waals surface area contributed by atoms with Crippen LogP contribution in [0.1, 0.15) is 43.5 Å². The molecule has 0 aromatic heterocycles. The van der Waals surface area contributed by atoms with Gasteiger partial charge in [-0.15, -0.1) is 0 Å². The maximum atomic E-state index is 10.6. The van der Waals surface area contributed by atoms with Crippen molar-refractivity contribution in [2.24, 2.45) is 0 Å². The third-order valence-electron chi connectivity index (χ3n) is 1.99. The number of rotatable bonds is 4. The Morgan fingerprint density at radius 1 is 1.05 bits per heavy atom. The second kappa shape index (κ2) is 9.82. The Bertz CT molecular complexity index is 411. The first-order chi connectivity index (χ1) is 9.01. The van der Waals surface area contributed by atoms with E-state index in [0.717, 1.165) is 6.42 Å². The number of hydrogen-bond acceptors (Lipinski definition) is 4. The fraction of sp³-hybridized carbons (Fsp3) is 0.357. The summed E-state index contributed by atoms with van der Waals surface area (Å²) in [6.45, 7) is 3.51. The zero-order chi connectivity index (χ0) is 14.7. The molecule has 0 unspecified atom stereocenters. The lowest BCUT2D eigenvalue weighted by molar-refractivity contribution is -0.159. The fourth-order valence-electron chi connectivity index (χ4n) is 1.04. The van der Waals surface area contributed by atoms with Crippen molar-refractivity contribution in [3.63, 3.8) is 0 Å². The van der Waals surface area contributed by atoms with Crippen LogP contribution in [0, 0.1) is 0 Å². The van der Waals surface area contributed by atoms with Crippen LogP contribution in [0.15, 0.2) is 30.3 Å². The number of carboxylic acid groups (broad SMARTS) is 1. The standard InChI is InChI=1S/C7H12O3.C7H6O2/c1-3-5-7(9)10-6(8)4-2;8-7(9)6-4-2-1-3-5-6/h3-5H2,1-2H3;1-5H,(H,8,9). The predicted molar refractivity (Wildman–Crippen MR) is 69.7 cm³/mol. The minimum Gasteiger partial charge on any atom is -0.478 e. The predicted octanol–water partition coefficient (Wildman–Crippen LogP) is 2.65. The highest BCUT2D eigenvalue weighted by atomic mass is 16.6. The lowest BCUT2D eigenvalue weighted by atomic mass is 10.2. The molecule has 0 amide bonds. The molecule has 0 aliphatic heterocycles. The summed E-state index contributed by atoms with van der Waals surface area (Å²) in [5, 5.41) is 8.38. The Morgan fingerprint density at radius 2 is 1.63 bits per heavy atom. The van der Waals surface area contributed by atoms with Gasteiger partial charge in [-0.3, -0.25) is 9.59 Å². The van der Waals surface area contributed by atoms with Crippen molar-refractivity contribution < 1.29 is 24.2 Å². The van der Waals surface area contributed by atoms with E-state index in [2.05, 4.69) is 4.74 Å². The third kappa shape index (κ3) is 8.54. The van der Waals surface area contributed by atoms with Gasteiger partial charge in [-0.25, -0.2) is 4.79 Å². The van der Waals surface area contributed by atoms with Gasteiger partial charge in [0.2, 0.25) is 0 Å². The van der Waals surface area contributed by atoms with Gasteiger partial charge in [0, 0.05) is 12.8 Å². The smallest absolute Gasteiger partial charge is 0.335 e. The molecule has 19 heavy (non-hydrogen) atoms. The van der Waals surface area contributed by atoms with Gasteiger partial charge >= 0.3 is 17.9 Å². The first-order valence-electron chi connectivity index (χ1n) is 6.03. The van der Waals surface area contributed by atoms with Gasteiger partial charge < -0.3 is 9.84 Å². The molecular formula is C14H18O5. The second-order valence-corrected chi connectivity index (χ2v) is 3.62. The van der Waals surface area contributed by atoms with Crippen LogP contribution in [-0.4, -0.2) is 23.0 Å². The molecule has 0 atom stereocenters. The maximum Gasteiger partial charge on any atom is 0.335 e. The monoisotopic (exact) mass is 266 g/mol. The summed E-state index contributed by atoms with van der Waals surface area (Å²) in [6, 6.07) is 8.30. The van der Waals surface area contributed by atoms with E-state index in [1.807, 2.05) is 6.92 Å². The largest absolute Gasteiger partial charge is 0.478 e. The molecule has 0 heterocycles. The van der Waals surface area contributed by atoms with Crippen LogP contribution in [0.3, 0.4) is 0 Å². The molecule has 5 heteroatoms. The topological polar surface area (TPSA) is 80.7 Å². The third-order valence-corrected chi connectivity index (χ3v) is 1.99. The number of hydrogen-bond donors (Lipinski definition) is 1. The molecule has 104 valence electrons. The van der Waals surface area contributed by atoms with E-state index in [-0.39, 0.29) is 6.42 Å². The zero-order valence-electron chi connectivity index (χ0n) is 11.1. The van der Waals surface area contributed by atoms with E-state index < -0.39 is 17.9 Å². The molecule has 0 saturated carbocycles. The fourth-order valence-corrected chi connectivity index (χ4v) is 1.04. The summed E-state index contributed by atoms with van der Waals surface area (Å²) in [5.41, 5.74) is 0.331. The van der Waals surface area contributed by atoms with Crippen LogP contribution < -0.4 is 0 Å². The molecule has 1 rings (SSSR count). The normalized spacial score (nSPS) is 8.95. The first kappa shape index (κ1) is 16.8. The molecule has 0 spiro atoms. The maximum absolute atomic E-state index is 10.6. The van der Waals surface area contributed by atoms with Crippen molar-refractivity contribution in [2.75, 3.05) is 0 Å². The minimum atomic E-state index is -0.879.